The van der Waals surface area contributed by atoms with Crippen LogP contribution in [-0.2, 0) is 0 Å². The normalized spacial score (nSPS) is 6.86. The van der Waals surface area contributed by atoms with E-state index in [0.717, 1.165) is 0 Å². The Balaban J connectivity index is 0. The molecule has 0 saturated heterocycles. The van der Waals surface area contributed by atoms with Gasteiger partial charge < -0.3 is 0 Å². The molecule has 0 amide bonds. The van der Waals surface area contributed by atoms with E-state index in [0.29, 0.717) is 0 Å². The van der Waals surface area contributed by atoms with Gasteiger partial charge in [0.15, 0.2) is 0 Å². The van der Waals surface area contributed by atoms with Gasteiger partial charge in [0.05, 0.1) is 0 Å². The topological polar surface area (TPSA) is 0 Å². The van der Waals surface area contributed by atoms with Crippen molar-refractivity contribution in [2.45, 2.75) is 27.7 Å². The zero-order valence-corrected chi connectivity index (χ0v) is 8.00. The molecule has 0 aromatic rings. The van der Waals surface area contributed by atoms with Gasteiger partial charge in [-0.1, -0.05) is 11.1 Å². The molecule has 0 bridgehead atoms. The summed E-state index contributed by atoms with van der Waals surface area (Å²) in [7, 11) is 0. The molecule has 7 heavy (non-hydrogen) atoms. The van der Waals surface area contributed by atoms with E-state index >= 15 is 0 Å². The molecular weight excluding hydrogens is 95.1 g/mol. The Bertz CT molecular complexity index is 54.2. The Morgan fingerprint density at radius 1 is 0.714 bits per heavy atom. The summed E-state index contributed by atoms with van der Waals surface area (Å²) in [5, 5.41) is 0. The second-order valence-corrected chi connectivity index (χ2v) is 2.00. The van der Waals surface area contributed by atoms with E-state index in [9.17, 15) is 0 Å². The third-order valence-electron chi connectivity index (χ3n) is 1.00. The first-order valence-corrected chi connectivity index (χ1v) is 2.25. The summed E-state index contributed by atoms with van der Waals surface area (Å²) in [4.78, 5) is 0. The maximum absolute atomic E-state index is 2.12. The van der Waals surface area contributed by atoms with E-state index in [1.165, 1.54) is 11.1 Å². The summed E-state index contributed by atoms with van der Waals surface area (Å²) in [6.07, 6.45) is 0. The van der Waals surface area contributed by atoms with Crippen LogP contribution in [0, 0.1) is 0 Å². The summed E-state index contributed by atoms with van der Waals surface area (Å²) >= 11 is 0. The first-order chi connectivity index (χ1) is 2.64. The van der Waals surface area contributed by atoms with Crippen molar-refractivity contribution >= 4 is 29.6 Å². The van der Waals surface area contributed by atoms with Gasteiger partial charge in [0.1, 0.15) is 0 Å². The van der Waals surface area contributed by atoms with E-state index in [4.69, 9.17) is 0 Å². The van der Waals surface area contributed by atoms with Crippen LogP contribution in [0.25, 0.3) is 0 Å². The van der Waals surface area contributed by atoms with Crippen LogP contribution in [0.3, 0.4) is 0 Å². The van der Waals surface area contributed by atoms with Gasteiger partial charge in [-0.15, -0.1) is 0 Å². The second-order valence-electron chi connectivity index (χ2n) is 2.00. The van der Waals surface area contributed by atoms with Crippen LogP contribution in [0.2, 0.25) is 0 Å². The summed E-state index contributed by atoms with van der Waals surface area (Å²) in [5.74, 6) is 0. The van der Waals surface area contributed by atoms with Crippen molar-refractivity contribution in [3.63, 3.8) is 0 Å². The molecule has 0 heterocycles. The molecular formula is C6H12Na. The van der Waals surface area contributed by atoms with E-state index < -0.39 is 0 Å². The van der Waals surface area contributed by atoms with Crippen molar-refractivity contribution in [1.82, 2.24) is 0 Å². The molecule has 0 aliphatic rings. The minimum Gasteiger partial charge on any atom is -0.0778 e. The predicted octanol–water partition coefficient (Wildman–Crippen LogP) is 1.98. The maximum atomic E-state index is 2.12. The molecule has 0 aliphatic carbocycles. The van der Waals surface area contributed by atoms with Gasteiger partial charge >= 0.3 is 0 Å². The molecule has 0 aromatic heterocycles. The molecule has 0 fully saturated rings. The van der Waals surface area contributed by atoms with Crippen molar-refractivity contribution in [3.8, 4) is 0 Å². The Morgan fingerprint density at radius 3 is 0.857 bits per heavy atom. The SMILES string of the molecule is CC(C)=C(C)C.[Na]. The number of allylic oxidation sites excluding steroid dienone is 2. The van der Waals surface area contributed by atoms with Crippen LogP contribution >= 0.6 is 0 Å². The Labute approximate surface area is 68.3 Å². The Hall–Kier alpha value is 0.740. The molecule has 0 rings (SSSR count). The molecule has 0 spiro atoms. The number of hydrogen-bond donors (Lipinski definition) is 0. The zero-order valence-electron chi connectivity index (χ0n) is 6.00. The first-order valence-electron chi connectivity index (χ1n) is 2.25. The summed E-state index contributed by atoms with van der Waals surface area (Å²) in [6, 6.07) is 0. The van der Waals surface area contributed by atoms with E-state index in [1.54, 1.807) is 0 Å². The second kappa shape index (κ2) is 4.89. The van der Waals surface area contributed by atoms with Crippen LogP contribution < -0.4 is 0 Å². The molecule has 0 saturated carbocycles. The van der Waals surface area contributed by atoms with E-state index in [-0.39, 0.29) is 29.6 Å². The smallest absolute Gasteiger partial charge is 0 e. The fourth-order valence-electron chi connectivity index (χ4n) is 0. The third-order valence-corrected chi connectivity index (χ3v) is 1.00. The summed E-state index contributed by atoms with van der Waals surface area (Å²) in [6.45, 7) is 8.48. The average molecular weight is 107 g/mol. The molecule has 0 unspecified atom stereocenters. The van der Waals surface area contributed by atoms with Crippen molar-refractivity contribution in [3.05, 3.63) is 11.1 Å². The van der Waals surface area contributed by atoms with Gasteiger partial charge in [-0.25, -0.2) is 0 Å². The van der Waals surface area contributed by atoms with Gasteiger partial charge in [0.2, 0.25) is 0 Å². The predicted molar refractivity (Wildman–Crippen MR) is 35.5 cm³/mol. The minimum absolute atomic E-state index is 0. The molecule has 0 nitrogen and oxygen atoms in total. The fourth-order valence-corrected chi connectivity index (χ4v) is 0. The fraction of sp³-hybridized carbons (Fsp3) is 0.667. The Kier molecular flexibility index (Phi) is 7.45. The monoisotopic (exact) mass is 107 g/mol. The zero-order chi connectivity index (χ0) is 5.15. The number of hydrogen-bond acceptors (Lipinski definition) is 0. The van der Waals surface area contributed by atoms with Gasteiger partial charge in [0.25, 0.3) is 0 Å². The quantitative estimate of drug-likeness (QED) is 0.328. The molecule has 1 heteroatoms. The molecule has 0 aromatic carbocycles. The van der Waals surface area contributed by atoms with Gasteiger partial charge in [-0.2, -0.15) is 0 Å². The summed E-state index contributed by atoms with van der Waals surface area (Å²) < 4.78 is 0. The van der Waals surface area contributed by atoms with Crippen LogP contribution in [0.5, 0.6) is 0 Å². The van der Waals surface area contributed by atoms with Gasteiger partial charge in [-0.3, -0.25) is 0 Å². The van der Waals surface area contributed by atoms with Crippen molar-refractivity contribution in [1.29, 1.82) is 0 Å². The van der Waals surface area contributed by atoms with Crippen LogP contribution in [-0.4, -0.2) is 29.6 Å². The molecule has 0 aliphatic heterocycles. The van der Waals surface area contributed by atoms with Crippen LogP contribution in [0.1, 0.15) is 27.7 Å². The van der Waals surface area contributed by atoms with Crippen LogP contribution in [0.4, 0.5) is 0 Å². The van der Waals surface area contributed by atoms with E-state index in [1.807, 2.05) is 0 Å². The number of rotatable bonds is 0. The van der Waals surface area contributed by atoms with Gasteiger partial charge in [-0.05, 0) is 27.7 Å². The van der Waals surface area contributed by atoms with Crippen LogP contribution in [0.15, 0.2) is 11.1 Å². The average Bonchev–Trinajstić information content (AvgIpc) is 1.36. The van der Waals surface area contributed by atoms with Gasteiger partial charge in [0, 0.05) is 29.6 Å². The third kappa shape index (κ3) is 6.74. The largest absolute Gasteiger partial charge is 0.0778 e. The minimum atomic E-state index is 0. The van der Waals surface area contributed by atoms with Crippen molar-refractivity contribution in [2.24, 2.45) is 0 Å². The molecule has 1 radical (unpaired) electrons. The molecule has 37 valence electrons. The first kappa shape index (κ1) is 10.7. The Morgan fingerprint density at radius 2 is 0.857 bits per heavy atom. The maximum Gasteiger partial charge on any atom is 0 e. The van der Waals surface area contributed by atoms with Crippen molar-refractivity contribution in [2.75, 3.05) is 0 Å². The molecule has 0 atom stereocenters. The van der Waals surface area contributed by atoms with Crippen molar-refractivity contribution < 1.29 is 0 Å². The molecule has 0 N–H and O–H groups in total. The standard InChI is InChI=1S/C6H12.Na/c1-5(2)6(3)4;/h1-4H3;. The summed E-state index contributed by atoms with van der Waals surface area (Å²) in [5.41, 5.74) is 2.85. The van der Waals surface area contributed by atoms with E-state index in [2.05, 4.69) is 27.7 Å².